The molecule has 0 aliphatic heterocycles. The van der Waals surface area contributed by atoms with Crippen LogP contribution in [0, 0.1) is 5.92 Å². The highest BCUT2D eigenvalue weighted by atomic mass is 19.4. The van der Waals surface area contributed by atoms with Gasteiger partial charge in [-0.3, -0.25) is 0 Å². The number of alkyl halides is 3. The van der Waals surface area contributed by atoms with Crippen LogP contribution >= 0.6 is 0 Å². The molecule has 2 nitrogen and oxygen atoms in total. The zero-order chi connectivity index (χ0) is 14.5. The third-order valence-electron chi connectivity index (χ3n) is 3.07. The predicted octanol–water partition coefficient (Wildman–Crippen LogP) is 4.14. The SMILES string of the molecule is CCCNC(c1ccn(CCC(F)(F)F)c1)C(C)C. The quantitative estimate of drug-likeness (QED) is 0.792. The molecular weight excluding hydrogens is 253 g/mol. The van der Waals surface area contributed by atoms with Gasteiger partial charge in [-0.25, -0.2) is 0 Å². The topological polar surface area (TPSA) is 17.0 Å². The van der Waals surface area contributed by atoms with Crippen molar-refractivity contribution in [3.05, 3.63) is 24.0 Å². The number of nitrogens with one attached hydrogen (secondary N) is 1. The maximum atomic E-state index is 12.2. The first-order valence-electron chi connectivity index (χ1n) is 6.79. The van der Waals surface area contributed by atoms with Crippen LogP contribution in [0.5, 0.6) is 0 Å². The number of hydrogen-bond acceptors (Lipinski definition) is 1. The number of rotatable bonds is 7. The van der Waals surface area contributed by atoms with Crippen LogP contribution in [0.25, 0.3) is 0 Å². The fraction of sp³-hybridized carbons (Fsp3) is 0.714. The van der Waals surface area contributed by atoms with Crippen molar-refractivity contribution in [3.63, 3.8) is 0 Å². The smallest absolute Gasteiger partial charge is 0.354 e. The summed E-state index contributed by atoms with van der Waals surface area (Å²) in [5.74, 6) is 0.407. The van der Waals surface area contributed by atoms with Gasteiger partial charge in [0.15, 0.2) is 0 Å². The second-order valence-electron chi connectivity index (χ2n) is 5.22. The molecule has 5 heteroatoms. The van der Waals surface area contributed by atoms with E-state index in [-0.39, 0.29) is 12.6 Å². The van der Waals surface area contributed by atoms with E-state index in [1.54, 1.807) is 10.8 Å². The van der Waals surface area contributed by atoms with Gasteiger partial charge in [-0.2, -0.15) is 13.2 Å². The molecule has 1 N–H and O–H groups in total. The normalized spacial score (nSPS) is 14.1. The van der Waals surface area contributed by atoms with Crippen LogP contribution in [0.15, 0.2) is 18.5 Å². The third-order valence-corrected chi connectivity index (χ3v) is 3.07. The summed E-state index contributed by atoms with van der Waals surface area (Å²) in [6.07, 6.45) is -0.292. The van der Waals surface area contributed by atoms with Crippen molar-refractivity contribution < 1.29 is 13.2 Å². The Bertz CT molecular complexity index is 369. The first-order chi connectivity index (χ1) is 8.83. The van der Waals surface area contributed by atoms with E-state index in [4.69, 9.17) is 0 Å². The second-order valence-corrected chi connectivity index (χ2v) is 5.22. The molecule has 1 atom stereocenters. The lowest BCUT2D eigenvalue weighted by atomic mass is 9.98. The van der Waals surface area contributed by atoms with Crippen LogP contribution < -0.4 is 5.32 Å². The minimum absolute atomic E-state index is 0.0118. The molecule has 1 rings (SSSR count). The van der Waals surface area contributed by atoms with Crippen molar-refractivity contribution in [2.24, 2.45) is 5.92 Å². The van der Waals surface area contributed by atoms with Gasteiger partial charge in [0, 0.05) is 25.0 Å². The second kappa shape index (κ2) is 6.98. The number of aryl methyl sites for hydroxylation is 1. The highest BCUT2D eigenvalue weighted by Gasteiger charge is 2.26. The van der Waals surface area contributed by atoms with Gasteiger partial charge in [-0.15, -0.1) is 0 Å². The lowest BCUT2D eigenvalue weighted by Gasteiger charge is -2.21. The maximum absolute atomic E-state index is 12.2. The van der Waals surface area contributed by atoms with Gasteiger partial charge in [0.2, 0.25) is 0 Å². The minimum atomic E-state index is -4.09. The van der Waals surface area contributed by atoms with E-state index in [0.717, 1.165) is 18.5 Å². The molecule has 0 saturated heterocycles. The number of halogens is 3. The van der Waals surface area contributed by atoms with Crippen LogP contribution in [0.2, 0.25) is 0 Å². The molecule has 1 unspecified atom stereocenters. The van der Waals surface area contributed by atoms with Crippen LogP contribution in [0.1, 0.15) is 45.2 Å². The Kier molecular flexibility index (Phi) is 5.91. The van der Waals surface area contributed by atoms with Gasteiger partial charge in [0.1, 0.15) is 0 Å². The molecule has 0 aliphatic carbocycles. The van der Waals surface area contributed by atoms with E-state index in [0.29, 0.717) is 5.92 Å². The zero-order valence-electron chi connectivity index (χ0n) is 11.8. The van der Waals surface area contributed by atoms with Gasteiger partial charge in [-0.05, 0) is 30.5 Å². The molecule has 0 amide bonds. The summed E-state index contributed by atoms with van der Waals surface area (Å²) in [6.45, 7) is 7.22. The molecule has 1 aromatic rings. The van der Waals surface area contributed by atoms with Crippen LogP contribution in [-0.2, 0) is 6.54 Å². The Morgan fingerprint density at radius 1 is 1.32 bits per heavy atom. The lowest BCUT2D eigenvalue weighted by molar-refractivity contribution is -0.136. The number of hydrogen-bond donors (Lipinski definition) is 1. The van der Waals surface area contributed by atoms with E-state index < -0.39 is 12.6 Å². The Balaban J connectivity index is 2.65. The van der Waals surface area contributed by atoms with Crippen LogP contribution in [0.3, 0.4) is 0 Å². The van der Waals surface area contributed by atoms with Crippen LogP contribution in [-0.4, -0.2) is 17.3 Å². The van der Waals surface area contributed by atoms with E-state index >= 15 is 0 Å². The van der Waals surface area contributed by atoms with Crippen LogP contribution in [0.4, 0.5) is 13.2 Å². The van der Waals surface area contributed by atoms with Crippen molar-refractivity contribution in [2.75, 3.05) is 6.54 Å². The molecule has 110 valence electrons. The lowest BCUT2D eigenvalue weighted by Crippen LogP contribution is -2.26. The summed E-state index contributed by atoms with van der Waals surface area (Å²) in [5.41, 5.74) is 1.06. The van der Waals surface area contributed by atoms with Gasteiger partial charge >= 0.3 is 6.18 Å². The summed E-state index contributed by atoms with van der Waals surface area (Å²) >= 11 is 0. The van der Waals surface area contributed by atoms with Crippen molar-refractivity contribution in [1.82, 2.24) is 9.88 Å². The molecule has 19 heavy (non-hydrogen) atoms. The fourth-order valence-electron chi connectivity index (χ4n) is 2.08. The first kappa shape index (κ1) is 16.1. The van der Waals surface area contributed by atoms with Gasteiger partial charge < -0.3 is 9.88 Å². The van der Waals surface area contributed by atoms with Crippen molar-refractivity contribution in [2.45, 2.75) is 52.4 Å². The molecule has 0 aromatic carbocycles. The standard InChI is InChI=1S/C14H23F3N2/c1-4-7-18-13(11(2)3)12-5-8-19(10-12)9-6-14(15,16)17/h5,8,10-11,13,18H,4,6-7,9H2,1-3H3. The largest absolute Gasteiger partial charge is 0.390 e. The van der Waals surface area contributed by atoms with Gasteiger partial charge in [0.05, 0.1) is 6.42 Å². The predicted molar refractivity (Wildman–Crippen MR) is 71.0 cm³/mol. The Hall–Kier alpha value is -0.970. The maximum Gasteiger partial charge on any atom is 0.390 e. The molecular formula is C14H23F3N2. The van der Waals surface area contributed by atoms with E-state index in [9.17, 15) is 13.2 Å². The first-order valence-corrected chi connectivity index (χ1v) is 6.79. The highest BCUT2D eigenvalue weighted by molar-refractivity contribution is 5.16. The molecule has 0 fully saturated rings. The van der Waals surface area contributed by atoms with Crippen molar-refractivity contribution >= 4 is 0 Å². The Morgan fingerprint density at radius 3 is 2.53 bits per heavy atom. The zero-order valence-corrected chi connectivity index (χ0v) is 11.8. The average Bonchev–Trinajstić information content (AvgIpc) is 2.74. The molecule has 0 aliphatic rings. The average molecular weight is 276 g/mol. The Labute approximate surface area is 113 Å². The Morgan fingerprint density at radius 2 is 2.00 bits per heavy atom. The molecule has 1 heterocycles. The van der Waals surface area contributed by atoms with Crippen molar-refractivity contribution in [3.8, 4) is 0 Å². The molecule has 1 aromatic heterocycles. The molecule has 0 radical (unpaired) electrons. The van der Waals surface area contributed by atoms with Gasteiger partial charge in [0.25, 0.3) is 0 Å². The highest BCUT2D eigenvalue weighted by Crippen LogP contribution is 2.24. The number of nitrogens with zero attached hydrogens (tertiary/aromatic N) is 1. The summed E-state index contributed by atoms with van der Waals surface area (Å²) in [5, 5.41) is 3.44. The minimum Gasteiger partial charge on any atom is -0.354 e. The molecule has 0 saturated carbocycles. The molecule has 0 spiro atoms. The summed E-state index contributed by atoms with van der Waals surface area (Å²) in [6, 6.07) is 2.11. The molecule has 0 bridgehead atoms. The van der Waals surface area contributed by atoms with E-state index in [2.05, 4.69) is 26.1 Å². The summed E-state index contributed by atoms with van der Waals surface area (Å²) in [4.78, 5) is 0. The number of aromatic nitrogens is 1. The van der Waals surface area contributed by atoms with E-state index in [1.165, 1.54) is 0 Å². The summed E-state index contributed by atoms with van der Waals surface area (Å²) < 4.78 is 38.1. The monoisotopic (exact) mass is 276 g/mol. The van der Waals surface area contributed by atoms with Crippen molar-refractivity contribution in [1.29, 1.82) is 0 Å². The third kappa shape index (κ3) is 5.68. The van der Waals surface area contributed by atoms with E-state index in [1.807, 2.05) is 12.3 Å². The fourth-order valence-corrected chi connectivity index (χ4v) is 2.08. The summed E-state index contributed by atoms with van der Waals surface area (Å²) in [7, 11) is 0. The van der Waals surface area contributed by atoms with Gasteiger partial charge in [-0.1, -0.05) is 20.8 Å².